The number of carbonyl (C=O) groups is 2. The fourth-order valence-corrected chi connectivity index (χ4v) is 4.38. The van der Waals surface area contributed by atoms with Crippen molar-refractivity contribution in [2.24, 2.45) is 11.8 Å². The number of amides is 3. The number of piperidine rings is 1. The van der Waals surface area contributed by atoms with Gasteiger partial charge in [0.1, 0.15) is 0 Å². The highest BCUT2D eigenvalue weighted by molar-refractivity contribution is 5.77. The van der Waals surface area contributed by atoms with E-state index in [1.54, 1.807) is 0 Å². The maximum atomic E-state index is 12.6. The molecule has 1 unspecified atom stereocenters. The van der Waals surface area contributed by atoms with Crippen molar-refractivity contribution in [3.05, 3.63) is 35.9 Å². The molecule has 2 aliphatic rings. The van der Waals surface area contributed by atoms with Crippen molar-refractivity contribution in [2.45, 2.75) is 57.8 Å². The molecular weight excluding hydrogens is 350 g/mol. The quantitative estimate of drug-likeness (QED) is 0.752. The molecule has 2 fully saturated rings. The average Bonchev–Trinajstić information content (AvgIpc) is 2.66. The molecule has 1 heterocycles. The van der Waals surface area contributed by atoms with E-state index in [-0.39, 0.29) is 23.3 Å². The Morgan fingerprint density at radius 2 is 1.89 bits per heavy atom. The fourth-order valence-electron chi connectivity index (χ4n) is 4.38. The Kier molecular flexibility index (Phi) is 6.97. The number of nitrogens with one attached hydrogen (secondary N) is 2. The van der Waals surface area contributed by atoms with Crippen LogP contribution in [0.3, 0.4) is 0 Å². The SMILES string of the molecule is CC(C)CNC(=O)N1CCCC(CC(=O)NCC2(c3ccccc3)CCC2)C1. The molecule has 1 saturated carbocycles. The van der Waals surface area contributed by atoms with Gasteiger partial charge in [-0.1, -0.05) is 50.6 Å². The highest BCUT2D eigenvalue weighted by atomic mass is 16.2. The molecule has 0 bridgehead atoms. The number of likely N-dealkylation sites (tertiary alicyclic amines) is 1. The van der Waals surface area contributed by atoms with E-state index < -0.39 is 0 Å². The van der Waals surface area contributed by atoms with E-state index in [1.165, 1.54) is 12.0 Å². The Labute approximate surface area is 169 Å². The van der Waals surface area contributed by atoms with Crippen LogP contribution in [-0.4, -0.2) is 43.0 Å². The molecule has 3 amide bonds. The standard InChI is InChI=1S/C23H35N3O2/c1-18(2)15-24-22(28)26-13-6-8-19(16-26)14-21(27)25-17-23(11-7-12-23)20-9-4-3-5-10-20/h3-5,9-10,18-19H,6-8,11-17H2,1-2H3,(H,24,28)(H,25,27). The van der Waals surface area contributed by atoms with Crippen LogP contribution in [0.15, 0.2) is 30.3 Å². The maximum absolute atomic E-state index is 12.6. The molecule has 1 atom stereocenters. The zero-order valence-electron chi connectivity index (χ0n) is 17.4. The van der Waals surface area contributed by atoms with Gasteiger partial charge < -0.3 is 15.5 Å². The van der Waals surface area contributed by atoms with Crippen LogP contribution in [0, 0.1) is 11.8 Å². The number of hydrogen-bond donors (Lipinski definition) is 2. The minimum absolute atomic E-state index is 0.0105. The predicted molar refractivity (Wildman–Crippen MR) is 112 cm³/mol. The minimum atomic E-state index is 0.0105. The molecule has 154 valence electrons. The van der Waals surface area contributed by atoms with Crippen molar-refractivity contribution in [1.82, 2.24) is 15.5 Å². The Balaban J connectivity index is 1.46. The predicted octanol–water partition coefficient (Wildman–Crippen LogP) is 3.69. The van der Waals surface area contributed by atoms with Crippen LogP contribution in [0.1, 0.15) is 57.9 Å². The molecule has 1 saturated heterocycles. The van der Waals surface area contributed by atoms with Crippen LogP contribution < -0.4 is 10.6 Å². The zero-order valence-corrected chi connectivity index (χ0v) is 17.4. The van der Waals surface area contributed by atoms with E-state index in [1.807, 2.05) is 11.0 Å². The largest absolute Gasteiger partial charge is 0.355 e. The normalized spacial score (nSPS) is 21.1. The Morgan fingerprint density at radius 1 is 1.14 bits per heavy atom. The molecule has 0 spiro atoms. The Bertz CT molecular complexity index is 655. The van der Waals surface area contributed by atoms with Gasteiger partial charge in [-0.3, -0.25) is 4.79 Å². The summed E-state index contributed by atoms with van der Waals surface area (Å²) in [4.78, 5) is 26.8. The molecule has 1 aliphatic heterocycles. The molecule has 0 radical (unpaired) electrons. The first-order valence-electron chi connectivity index (χ1n) is 10.8. The topological polar surface area (TPSA) is 61.4 Å². The summed E-state index contributed by atoms with van der Waals surface area (Å²) < 4.78 is 0. The van der Waals surface area contributed by atoms with Crippen LogP contribution in [0.25, 0.3) is 0 Å². The van der Waals surface area contributed by atoms with Crippen molar-refractivity contribution in [3.63, 3.8) is 0 Å². The zero-order chi connectivity index (χ0) is 20.0. The van der Waals surface area contributed by atoms with E-state index >= 15 is 0 Å². The molecule has 5 heteroatoms. The maximum Gasteiger partial charge on any atom is 0.317 e. The molecular formula is C23H35N3O2. The van der Waals surface area contributed by atoms with Gasteiger partial charge in [-0.25, -0.2) is 4.79 Å². The first-order valence-corrected chi connectivity index (χ1v) is 10.8. The van der Waals surface area contributed by atoms with Gasteiger partial charge in [-0.05, 0) is 43.1 Å². The summed E-state index contributed by atoms with van der Waals surface area (Å²) in [7, 11) is 0. The minimum Gasteiger partial charge on any atom is -0.355 e. The summed E-state index contributed by atoms with van der Waals surface area (Å²) in [6.45, 7) is 7.07. The highest BCUT2D eigenvalue weighted by Gasteiger charge is 2.38. The van der Waals surface area contributed by atoms with Gasteiger partial charge in [0, 0.05) is 38.0 Å². The molecule has 1 aromatic rings. The Hall–Kier alpha value is -2.04. The van der Waals surface area contributed by atoms with Gasteiger partial charge in [-0.2, -0.15) is 0 Å². The second kappa shape index (κ2) is 9.44. The number of hydrogen-bond acceptors (Lipinski definition) is 2. The number of benzene rings is 1. The van der Waals surface area contributed by atoms with Gasteiger partial charge in [0.25, 0.3) is 0 Å². The fraction of sp³-hybridized carbons (Fsp3) is 0.652. The van der Waals surface area contributed by atoms with E-state index in [4.69, 9.17) is 0 Å². The van der Waals surface area contributed by atoms with Crippen LogP contribution in [0.5, 0.6) is 0 Å². The molecule has 0 aromatic heterocycles. The van der Waals surface area contributed by atoms with Crippen LogP contribution in [0.4, 0.5) is 4.79 Å². The summed E-state index contributed by atoms with van der Waals surface area (Å²) in [6.07, 6.45) is 6.02. The number of rotatable bonds is 7. The molecule has 2 N–H and O–H groups in total. The number of urea groups is 1. The van der Waals surface area contributed by atoms with Gasteiger partial charge in [-0.15, -0.1) is 0 Å². The van der Waals surface area contributed by atoms with E-state index in [9.17, 15) is 9.59 Å². The summed E-state index contributed by atoms with van der Waals surface area (Å²) in [5.41, 5.74) is 1.46. The third kappa shape index (κ3) is 5.27. The van der Waals surface area contributed by atoms with Crippen molar-refractivity contribution in [1.29, 1.82) is 0 Å². The van der Waals surface area contributed by atoms with Crippen LogP contribution in [0.2, 0.25) is 0 Å². The van der Waals surface area contributed by atoms with Gasteiger partial charge in [0.2, 0.25) is 5.91 Å². The average molecular weight is 386 g/mol. The lowest BCUT2D eigenvalue weighted by molar-refractivity contribution is -0.122. The summed E-state index contributed by atoms with van der Waals surface area (Å²) >= 11 is 0. The second-order valence-corrected chi connectivity index (χ2v) is 9.01. The molecule has 3 rings (SSSR count). The number of carbonyl (C=O) groups excluding carboxylic acids is 2. The van der Waals surface area contributed by atoms with E-state index in [0.717, 1.165) is 38.8 Å². The first kappa shape index (κ1) is 20.7. The van der Waals surface area contributed by atoms with E-state index in [2.05, 4.69) is 48.7 Å². The molecule has 1 aromatic carbocycles. The van der Waals surface area contributed by atoms with Crippen LogP contribution >= 0.6 is 0 Å². The monoisotopic (exact) mass is 385 g/mol. The second-order valence-electron chi connectivity index (χ2n) is 9.01. The van der Waals surface area contributed by atoms with E-state index in [0.29, 0.717) is 25.4 Å². The van der Waals surface area contributed by atoms with Crippen molar-refractivity contribution >= 4 is 11.9 Å². The van der Waals surface area contributed by atoms with Gasteiger partial charge in [0.15, 0.2) is 0 Å². The summed E-state index contributed by atoms with van der Waals surface area (Å²) in [5.74, 6) is 0.822. The molecule has 28 heavy (non-hydrogen) atoms. The van der Waals surface area contributed by atoms with Crippen molar-refractivity contribution < 1.29 is 9.59 Å². The molecule has 1 aliphatic carbocycles. The smallest absolute Gasteiger partial charge is 0.317 e. The number of nitrogens with zero attached hydrogens (tertiary/aromatic N) is 1. The first-order chi connectivity index (χ1) is 13.5. The van der Waals surface area contributed by atoms with Crippen LogP contribution in [-0.2, 0) is 10.2 Å². The van der Waals surface area contributed by atoms with Crippen molar-refractivity contribution in [2.75, 3.05) is 26.2 Å². The van der Waals surface area contributed by atoms with Crippen molar-refractivity contribution in [3.8, 4) is 0 Å². The molecule has 5 nitrogen and oxygen atoms in total. The van der Waals surface area contributed by atoms with Gasteiger partial charge >= 0.3 is 6.03 Å². The third-order valence-electron chi connectivity index (χ3n) is 6.26. The third-order valence-corrected chi connectivity index (χ3v) is 6.26. The Morgan fingerprint density at radius 3 is 2.54 bits per heavy atom. The summed E-state index contributed by atoms with van der Waals surface area (Å²) in [5, 5.41) is 6.19. The lowest BCUT2D eigenvalue weighted by Crippen LogP contribution is -2.48. The summed E-state index contributed by atoms with van der Waals surface area (Å²) in [6, 6.07) is 10.6. The lowest BCUT2D eigenvalue weighted by Gasteiger charge is -2.42. The lowest BCUT2D eigenvalue weighted by atomic mass is 9.64. The highest BCUT2D eigenvalue weighted by Crippen LogP contribution is 2.43. The van der Waals surface area contributed by atoms with Gasteiger partial charge in [0.05, 0.1) is 0 Å².